The molecule has 15 rings (SSSR count). The number of benzene rings is 5. The fourth-order valence-electron chi connectivity index (χ4n) is 8.20. The van der Waals surface area contributed by atoms with Gasteiger partial charge in [0, 0.05) is 65.2 Å². The third-order valence-electron chi connectivity index (χ3n) is 11.5. The van der Waals surface area contributed by atoms with Crippen molar-refractivity contribution in [3.05, 3.63) is 181 Å². The minimum Gasteiger partial charge on any atom is -0.453 e. The summed E-state index contributed by atoms with van der Waals surface area (Å²) in [6.45, 7) is 9.65. The molecule has 340 valence electrons. The minimum absolute atomic E-state index is 0.665. The molecule has 0 aliphatic rings. The van der Waals surface area contributed by atoms with Crippen LogP contribution in [-0.4, -0.2) is 49.8 Å². The largest absolute Gasteiger partial charge is 0.453 e. The van der Waals surface area contributed by atoms with Crippen LogP contribution in [0.15, 0.2) is 166 Å². The van der Waals surface area contributed by atoms with E-state index in [0.717, 1.165) is 98.7 Å². The first-order chi connectivity index (χ1) is 34.3. The lowest BCUT2D eigenvalue weighted by Gasteiger charge is -1.93. The summed E-state index contributed by atoms with van der Waals surface area (Å²) < 4.78 is 19.3. The lowest BCUT2D eigenvalue weighted by molar-refractivity contribution is 0.650. The summed E-state index contributed by atoms with van der Waals surface area (Å²) in [5.74, 6) is 2.34. The topological polar surface area (TPSA) is 168 Å². The van der Waals surface area contributed by atoms with E-state index < -0.39 is 0 Å². The van der Waals surface area contributed by atoms with Gasteiger partial charge in [-0.1, -0.05) is 84.9 Å². The first kappa shape index (κ1) is 43.9. The van der Waals surface area contributed by atoms with E-state index in [1.54, 1.807) is 35.2 Å². The molecule has 0 spiro atoms. The van der Waals surface area contributed by atoms with Gasteiger partial charge in [0.1, 0.15) is 62.1 Å². The van der Waals surface area contributed by atoms with Crippen molar-refractivity contribution in [1.82, 2.24) is 49.8 Å². The van der Waals surface area contributed by atoms with Crippen LogP contribution in [0, 0.1) is 34.6 Å². The molecule has 10 aromatic heterocycles. The van der Waals surface area contributed by atoms with Gasteiger partial charge < -0.3 is 13.3 Å². The Kier molecular flexibility index (Phi) is 11.8. The molecule has 0 amide bonds. The predicted molar refractivity (Wildman–Crippen MR) is 281 cm³/mol. The van der Waals surface area contributed by atoms with E-state index in [4.69, 9.17) is 13.3 Å². The van der Waals surface area contributed by atoms with Crippen molar-refractivity contribution >= 4 is 129 Å². The molecule has 0 fully saturated rings. The van der Waals surface area contributed by atoms with Gasteiger partial charge in [-0.2, -0.15) is 4.98 Å². The third-order valence-corrected chi connectivity index (χ3v) is 13.6. The van der Waals surface area contributed by atoms with Crippen LogP contribution < -0.4 is 0 Å². The zero-order valence-corrected chi connectivity index (χ0v) is 40.1. The summed E-state index contributed by atoms with van der Waals surface area (Å²) >= 11 is 3.45. The monoisotopic (exact) mass is 952 g/mol. The Balaban J connectivity index is 0.0000000952. The molecular formula is C55H40N10O3S2. The fourth-order valence-corrected chi connectivity index (χ4v) is 10.4. The molecular weight excluding hydrogens is 913 g/mol. The molecule has 0 atom stereocenters. The Morgan fingerprint density at radius 1 is 0.343 bits per heavy atom. The molecule has 15 aromatic rings. The predicted octanol–water partition coefficient (Wildman–Crippen LogP) is 14.4. The normalized spacial score (nSPS) is 11.2. The summed E-state index contributed by atoms with van der Waals surface area (Å²) in [4.78, 5) is 44.4. The number of furan rings is 3. The van der Waals surface area contributed by atoms with E-state index in [9.17, 15) is 0 Å². The summed E-state index contributed by atoms with van der Waals surface area (Å²) in [6, 6.07) is 40.4. The Morgan fingerprint density at radius 2 is 0.857 bits per heavy atom. The highest BCUT2D eigenvalue weighted by Gasteiger charge is 2.12. The number of aromatic nitrogens is 10. The fraction of sp³-hybridized carbons (Fsp3) is 0.0909. The van der Waals surface area contributed by atoms with Gasteiger partial charge in [0.2, 0.25) is 11.4 Å². The molecule has 0 saturated carbocycles. The molecule has 0 radical (unpaired) electrons. The van der Waals surface area contributed by atoms with Crippen LogP contribution in [0.2, 0.25) is 0 Å². The second kappa shape index (κ2) is 18.8. The summed E-state index contributed by atoms with van der Waals surface area (Å²) in [5.41, 5.74) is 7.59. The Morgan fingerprint density at radius 3 is 1.61 bits per heavy atom. The van der Waals surface area contributed by atoms with Gasteiger partial charge in [0.05, 0.1) is 22.7 Å². The molecule has 5 aromatic carbocycles. The standard InChI is InChI=1S/3C11H8N2O.2C11H8N2S/c1-7-12-6-9-8-4-2-3-5-10(8)14-11(9)13-7;1-7-10-8-4-2-3-5-9(8)14-11(10)13-6-12-7;1-7-12-6-10-11(13-7)8-4-2-3-5-9(8)14-10;1-7-12-6-9-8-4-2-3-5-10(8)14-11(9)13-7;1-7-10-8-4-2-3-5-9(8)14-11(10)13-6-12-7/h5*2-6H,1H3. The van der Waals surface area contributed by atoms with Gasteiger partial charge >= 0.3 is 0 Å². The number of hydrogen-bond acceptors (Lipinski definition) is 15. The van der Waals surface area contributed by atoms with E-state index >= 15 is 0 Å². The van der Waals surface area contributed by atoms with Crippen molar-refractivity contribution in [3.63, 3.8) is 0 Å². The highest BCUT2D eigenvalue weighted by Crippen LogP contribution is 2.34. The minimum atomic E-state index is 0.665. The molecule has 0 N–H and O–H groups in total. The Bertz CT molecular complexity index is 4130. The van der Waals surface area contributed by atoms with E-state index in [1.165, 1.54) is 31.9 Å². The Hall–Kier alpha value is -8.66. The van der Waals surface area contributed by atoms with Crippen LogP contribution in [0.4, 0.5) is 0 Å². The van der Waals surface area contributed by atoms with Gasteiger partial charge in [0.25, 0.3) is 0 Å². The highest BCUT2D eigenvalue weighted by atomic mass is 32.1. The number of aryl methyl sites for hydroxylation is 5. The van der Waals surface area contributed by atoms with E-state index in [1.807, 2.05) is 126 Å². The summed E-state index contributed by atoms with van der Waals surface area (Å²) in [6.07, 6.45) is 8.60. The van der Waals surface area contributed by atoms with Gasteiger partial charge in [-0.05, 0) is 71.0 Å². The molecule has 15 heteroatoms. The second-order valence-corrected chi connectivity index (χ2v) is 18.2. The lowest BCUT2D eigenvalue weighted by Crippen LogP contribution is -1.84. The number of para-hydroxylation sites is 3. The maximum Gasteiger partial charge on any atom is 0.230 e. The van der Waals surface area contributed by atoms with Crippen LogP contribution in [0.3, 0.4) is 0 Å². The van der Waals surface area contributed by atoms with Gasteiger partial charge in [-0.15, -0.1) is 22.7 Å². The Labute approximate surface area is 406 Å². The van der Waals surface area contributed by atoms with Crippen molar-refractivity contribution in [1.29, 1.82) is 0 Å². The van der Waals surface area contributed by atoms with Gasteiger partial charge in [0.15, 0.2) is 5.58 Å². The molecule has 0 saturated heterocycles. The molecule has 10 heterocycles. The summed E-state index contributed by atoms with van der Waals surface area (Å²) in [5, 5.41) is 10.1. The molecule has 0 aliphatic heterocycles. The summed E-state index contributed by atoms with van der Waals surface area (Å²) in [7, 11) is 0. The maximum absolute atomic E-state index is 5.58. The smallest absolute Gasteiger partial charge is 0.230 e. The SMILES string of the molecule is Cc1ncc2c(n1)oc1ccccc12.Cc1ncc2c(n1)sc1ccccc12.Cc1ncc2oc3ccccc3c2n1.Cc1ncnc2oc3ccccc3c12.Cc1ncnc2sc3ccccc3c12. The molecule has 0 aliphatic carbocycles. The maximum atomic E-state index is 5.58. The van der Waals surface area contributed by atoms with Crippen molar-refractivity contribution in [3.8, 4) is 0 Å². The molecule has 0 unspecified atom stereocenters. The number of rotatable bonds is 0. The molecule has 70 heavy (non-hydrogen) atoms. The van der Waals surface area contributed by atoms with Crippen molar-refractivity contribution in [2.45, 2.75) is 34.6 Å². The third kappa shape index (κ3) is 8.59. The zero-order valence-electron chi connectivity index (χ0n) is 38.4. The average Bonchev–Trinajstić information content (AvgIpc) is 4.21. The molecule has 13 nitrogen and oxygen atoms in total. The number of fused-ring (bicyclic) bond motifs is 15. The van der Waals surface area contributed by atoms with Crippen LogP contribution in [-0.2, 0) is 0 Å². The van der Waals surface area contributed by atoms with Crippen molar-refractivity contribution in [2.75, 3.05) is 0 Å². The number of nitrogens with zero attached hydrogens (tertiary/aromatic N) is 10. The van der Waals surface area contributed by atoms with Crippen LogP contribution in [0.1, 0.15) is 28.9 Å². The second-order valence-electron chi connectivity index (χ2n) is 16.2. The van der Waals surface area contributed by atoms with Crippen LogP contribution in [0.25, 0.3) is 107 Å². The van der Waals surface area contributed by atoms with Crippen LogP contribution in [0.5, 0.6) is 0 Å². The first-order valence-electron chi connectivity index (χ1n) is 22.3. The van der Waals surface area contributed by atoms with E-state index in [-0.39, 0.29) is 0 Å². The average molecular weight is 953 g/mol. The van der Waals surface area contributed by atoms with Gasteiger partial charge in [-0.25, -0.2) is 44.9 Å². The number of thiophene rings is 2. The van der Waals surface area contributed by atoms with Crippen molar-refractivity contribution in [2.24, 2.45) is 0 Å². The zero-order chi connectivity index (χ0) is 47.7. The lowest BCUT2D eigenvalue weighted by atomic mass is 10.2. The first-order valence-corrected chi connectivity index (χ1v) is 23.9. The highest BCUT2D eigenvalue weighted by molar-refractivity contribution is 7.25. The number of hydrogen-bond donors (Lipinski definition) is 0. The van der Waals surface area contributed by atoms with Gasteiger partial charge in [-0.3, -0.25) is 0 Å². The van der Waals surface area contributed by atoms with E-state index in [0.29, 0.717) is 11.4 Å². The van der Waals surface area contributed by atoms with Crippen LogP contribution >= 0.6 is 22.7 Å². The van der Waals surface area contributed by atoms with Crippen molar-refractivity contribution < 1.29 is 13.3 Å². The molecule has 0 bridgehead atoms. The van der Waals surface area contributed by atoms with E-state index in [2.05, 4.69) is 92.3 Å². The quantitative estimate of drug-likeness (QED) is 0.141.